The maximum atomic E-state index is 8.93. The Kier molecular flexibility index (Phi) is 2.84. The van der Waals surface area contributed by atoms with E-state index < -0.39 is 0 Å². The summed E-state index contributed by atoms with van der Waals surface area (Å²) in [5.74, 6) is 0.231. The van der Waals surface area contributed by atoms with Gasteiger partial charge in [-0.1, -0.05) is 0 Å². The van der Waals surface area contributed by atoms with Crippen molar-refractivity contribution in [3.8, 4) is 5.75 Å². The fourth-order valence-corrected chi connectivity index (χ4v) is 0.699. The van der Waals surface area contributed by atoms with Crippen molar-refractivity contribution in [3.05, 3.63) is 29.8 Å². The molecule has 0 aliphatic carbocycles. The lowest BCUT2D eigenvalue weighted by molar-refractivity contribution is 0.475. The quantitative estimate of drug-likeness (QED) is 0.383. The van der Waals surface area contributed by atoms with Crippen LogP contribution in [-0.2, 0) is 0 Å². The lowest BCUT2D eigenvalue weighted by atomic mass is 10.2. The summed E-state index contributed by atoms with van der Waals surface area (Å²) >= 11 is 0. The monoisotopic (exact) mass is 163 g/mol. The molecule has 0 fully saturated rings. The van der Waals surface area contributed by atoms with E-state index in [1.165, 1.54) is 0 Å². The van der Waals surface area contributed by atoms with E-state index in [9.17, 15) is 0 Å². The van der Waals surface area contributed by atoms with Crippen LogP contribution in [0.3, 0.4) is 0 Å². The smallest absolute Gasteiger partial charge is 0.115 e. The molecular formula is C8H9N3O. The summed E-state index contributed by atoms with van der Waals surface area (Å²) in [6, 6.07) is 6.61. The van der Waals surface area contributed by atoms with Crippen LogP contribution in [0.4, 0.5) is 0 Å². The third kappa shape index (κ3) is 2.42. The molecule has 0 saturated carbocycles. The minimum absolute atomic E-state index is 0.231. The number of rotatable bonds is 2. The number of hydrogen-bond donors (Lipinski definition) is 2. The van der Waals surface area contributed by atoms with Gasteiger partial charge in [-0.15, -0.1) is 5.10 Å². The van der Waals surface area contributed by atoms with Crippen molar-refractivity contribution in [2.45, 2.75) is 0 Å². The van der Waals surface area contributed by atoms with Crippen molar-refractivity contribution in [3.63, 3.8) is 0 Å². The van der Waals surface area contributed by atoms with E-state index in [1.807, 2.05) is 0 Å². The van der Waals surface area contributed by atoms with Gasteiger partial charge in [0.1, 0.15) is 12.1 Å². The predicted molar refractivity (Wildman–Crippen MR) is 48.4 cm³/mol. The van der Waals surface area contributed by atoms with E-state index in [0.29, 0.717) is 0 Å². The van der Waals surface area contributed by atoms with Gasteiger partial charge in [0.25, 0.3) is 0 Å². The average molecular weight is 163 g/mol. The molecule has 1 aromatic rings. The number of hydrogen-bond acceptors (Lipinski definition) is 3. The Morgan fingerprint density at radius 2 is 1.83 bits per heavy atom. The zero-order chi connectivity index (χ0) is 8.81. The van der Waals surface area contributed by atoms with Crippen LogP contribution < -0.4 is 5.73 Å². The molecule has 0 aromatic heterocycles. The topological polar surface area (TPSA) is 71.0 Å². The van der Waals surface area contributed by atoms with Gasteiger partial charge in [0.2, 0.25) is 0 Å². The molecule has 0 amide bonds. The first-order valence-electron chi connectivity index (χ1n) is 3.38. The second-order valence-electron chi connectivity index (χ2n) is 2.10. The summed E-state index contributed by atoms with van der Waals surface area (Å²) in [5.41, 5.74) is 5.83. The predicted octanol–water partition coefficient (Wildman–Crippen LogP) is 0.713. The number of nitrogens with zero attached hydrogens (tertiary/aromatic N) is 2. The van der Waals surface area contributed by atoms with Crippen LogP contribution in [0, 0.1) is 0 Å². The number of aromatic hydroxyl groups is 1. The Morgan fingerprint density at radius 3 is 2.42 bits per heavy atom. The van der Waals surface area contributed by atoms with E-state index in [2.05, 4.69) is 10.2 Å². The molecule has 0 heterocycles. The molecule has 1 rings (SSSR count). The second-order valence-corrected chi connectivity index (χ2v) is 2.10. The molecule has 1 aromatic carbocycles. The molecule has 12 heavy (non-hydrogen) atoms. The van der Waals surface area contributed by atoms with Crippen LogP contribution in [0.25, 0.3) is 0 Å². The standard InChI is InChI=1S/C8H9N3O/c9-6-11-10-5-7-1-3-8(12)4-2-7/h1-6,12H,(H2,9,11)/b10-5+. The van der Waals surface area contributed by atoms with Crippen LogP contribution in [0.15, 0.2) is 34.5 Å². The Bertz CT molecular complexity index is 290. The summed E-state index contributed by atoms with van der Waals surface area (Å²) in [6.07, 6.45) is 2.65. The van der Waals surface area contributed by atoms with Gasteiger partial charge in [0, 0.05) is 0 Å². The lowest BCUT2D eigenvalue weighted by Gasteiger charge is -1.91. The van der Waals surface area contributed by atoms with Gasteiger partial charge < -0.3 is 10.8 Å². The fraction of sp³-hybridized carbons (Fsp3) is 0. The number of phenols is 1. The Morgan fingerprint density at radius 1 is 1.17 bits per heavy atom. The zero-order valence-electron chi connectivity index (χ0n) is 6.38. The van der Waals surface area contributed by atoms with Crippen molar-refractivity contribution in [2.75, 3.05) is 0 Å². The highest BCUT2D eigenvalue weighted by Gasteiger charge is 1.86. The maximum Gasteiger partial charge on any atom is 0.115 e. The third-order valence-electron chi connectivity index (χ3n) is 1.23. The minimum atomic E-state index is 0.231. The zero-order valence-corrected chi connectivity index (χ0v) is 6.38. The molecule has 0 unspecified atom stereocenters. The largest absolute Gasteiger partial charge is 0.508 e. The number of phenolic OH excluding ortho intramolecular Hbond substituents is 1. The molecule has 0 bridgehead atoms. The first-order valence-corrected chi connectivity index (χ1v) is 3.38. The van der Waals surface area contributed by atoms with E-state index in [1.54, 1.807) is 30.5 Å². The second kappa shape index (κ2) is 4.12. The summed E-state index contributed by atoms with van der Waals surface area (Å²) in [5, 5.41) is 16.0. The molecule has 0 aliphatic heterocycles. The first-order chi connectivity index (χ1) is 5.83. The third-order valence-corrected chi connectivity index (χ3v) is 1.23. The van der Waals surface area contributed by atoms with Gasteiger partial charge in [-0.2, -0.15) is 5.10 Å². The summed E-state index contributed by atoms with van der Waals surface area (Å²) < 4.78 is 0. The van der Waals surface area contributed by atoms with Crippen LogP contribution in [0.2, 0.25) is 0 Å². The first kappa shape index (κ1) is 8.26. The van der Waals surface area contributed by atoms with Gasteiger partial charge in [-0.25, -0.2) is 0 Å². The highest BCUT2D eigenvalue weighted by molar-refractivity contribution is 5.79. The lowest BCUT2D eigenvalue weighted by Crippen LogP contribution is -1.86. The molecule has 0 saturated heterocycles. The van der Waals surface area contributed by atoms with Crippen LogP contribution in [0.1, 0.15) is 5.56 Å². The van der Waals surface area contributed by atoms with E-state index in [4.69, 9.17) is 10.8 Å². The molecule has 0 radical (unpaired) electrons. The van der Waals surface area contributed by atoms with E-state index >= 15 is 0 Å². The SMILES string of the molecule is N/C=N\N=C\c1ccc(O)cc1. The number of nitrogens with two attached hydrogens (primary N) is 1. The summed E-state index contributed by atoms with van der Waals surface area (Å²) in [4.78, 5) is 0. The van der Waals surface area contributed by atoms with Crippen LogP contribution >= 0.6 is 0 Å². The molecule has 3 N–H and O–H groups in total. The van der Waals surface area contributed by atoms with Crippen molar-refractivity contribution < 1.29 is 5.11 Å². The highest BCUT2D eigenvalue weighted by atomic mass is 16.3. The summed E-state index contributed by atoms with van der Waals surface area (Å²) in [6.45, 7) is 0. The van der Waals surface area contributed by atoms with E-state index in [-0.39, 0.29) is 5.75 Å². The Hall–Kier alpha value is -1.84. The van der Waals surface area contributed by atoms with Gasteiger partial charge in [-0.05, 0) is 29.8 Å². The number of benzene rings is 1. The minimum Gasteiger partial charge on any atom is -0.508 e. The highest BCUT2D eigenvalue weighted by Crippen LogP contribution is 2.07. The Balaban J connectivity index is 2.70. The molecule has 4 nitrogen and oxygen atoms in total. The molecular weight excluding hydrogens is 154 g/mol. The average Bonchev–Trinajstić information content (AvgIpc) is 2.09. The van der Waals surface area contributed by atoms with Crippen molar-refractivity contribution >= 4 is 12.6 Å². The molecule has 0 spiro atoms. The van der Waals surface area contributed by atoms with Crippen molar-refractivity contribution in [1.29, 1.82) is 0 Å². The van der Waals surface area contributed by atoms with E-state index in [0.717, 1.165) is 11.9 Å². The summed E-state index contributed by atoms with van der Waals surface area (Å²) in [7, 11) is 0. The Labute approximate surface area is 70.1 Å². The maximum absolute atomic E-state index is 8.93. The van der Waals surface area contributed by atoms with Crippen molar-refractivity contribution in [2.24, 2.45) is 15.9 Å². The van der Waals surface area contributed by atoms with Crippen LogP contribution in [-0.4, -0.2) is 17.7 Å². The van der Waals surface area contributed by atoms with Gasteiger partial charge in [0.05, 0.1) is 6.21 Å². The van der Waals surface area contributed by atoms with Crippen LogP contribution in [0.5, 0.6) is 5.75 Å². The normalized spacial score (nSPS) is 11.3. The molecule has 0 atom stereocenters. The van der Waals surface area contributed by atoms with Gasteiger partial charge in [0.15, 0.2) is 0 Å². The molecule has 0 aliphatic rings. The van der Waals surface area contributed by atoms with Gasteiger partial charge in [-0.3, -0.25) is 0 Å². The van der Waals surface area contributed by atoms with Gasteiger partial charge >= 0.3 is 0 Å². The molecule has 62 valence electrons. The molecule has 4 heteroatoms. The fourth-order valence-electron chi connectivity index (χ4n) is 0.699. The van der Waals surface area contributed by atoms with Crippen molar-refractivity contribution in [1.82, 2.24) is 0 Å².